The molecule has 0 spiro atoms. The van der Waals surface area contributed by atoms with E-state index in [1.165, 1.54) is 5.56 Å². The van der Waals surface area contributed by atoms with Crippen molar-refractivity contribution in [3.05, 3.63) is 24.0 Å². The Labute approximate surface area is 84.3 Å². The number of rotatable bonds is 7. The van der Waals surface area contributed by atoms with Crippen LogP contribution in [0.25, 0.3) is 0 Å². The maximum Gasteiger partial charge on any atom is 0.0616 e. The van der Waals surface area contributed by atoms with Gasteiger partial charge in [-0.25, -0.2) is 0 Å². The summed E-state index contributed by atoms with van der Waals surface area (Å²) >= 11 is 0. The summed E-state index contributed by atoms with van der Waals surface area (Å²) in [5.41, 5.74) is 1.21. The number of aromatic amines is 1. The van der Waals surface area contributed by atoms with Crippen molar-refractivity contribution in [3.8, 4) is 0 Å². The minimum atomic E-state index is 0.189. The second kappa shape index (κ2) is 6.59. The van der Waals surface area contributed by atoms with Crippen molar-refractivity contribution in [2.24, 2.45) is 0 Å². The molecule has 1 aromatic heterocycles. The van der Waals surface area contributed by atoms with E-state index in [9.17, 15) is 0 Å². The van der Waals surface area contributed by atoms with Gasteiger partial charge in [-0.1, -0.05) is 0 Å². The lowest BCUT2D eigenvalue weighted by atomic mass is 10.2. The third kappa shape index (κ3) is 3.91. The van der Waals surface area contributed by atoms with Crippen LogP contribution < -0.4 is 5.32 Å². The number of hydrogen-bond donors (Lipinski definition) is 3. The Morgan fingerprint density at radius 3 is 3.07 bits per heavy atom. The molecule has 80 valence electrons. The number of aliphatic hydroxyl groups is 1. The van der Waals surface area contributed by atoms with E-state index >= 15 is 0 Å². The van der Waals surface area contributed by atoms with Gasteiger partial charge in [-0.15, -0.1) is 0 Å². The molecule has 0 radical (unpaired) electrons. The van der Waals surface area contributed by atoms with Gasteiger partial charge in [-0.3, -0.25) is 0 Å². The Kier molecular flexibility index (Phi) is 5.29. The SMILES string of the molecule is COCC(CCO)NCc1cc[nH]c1. The van der Waals surface area contributed by atoms with Crippen molar-refractivity contribution in [1.29, 1.82) is 0 Å². The molecule has 4 nitrogen and oxygen atoms in total. The average Bonchev–Trinajstić information content (AvgIpc) is 2.67. The van der Waals surface area contributed by atoms with Crippen molar-refractivity contribution in [1.82, 2.24) is 10.3 Å². The van der Waals surface area contributed by atoms with Crippen LogP contribution in [0.1, 0.15) is 12.0 Å². The summed E-state index contributed by atoms with van der Waals surface area (Å²) in [6, 6.07) is 2.25. The van der Waals surface area contributed by atoms with Crippen LogP contribution in [0, 0.1) is 0 Å². The van der Waals surface area contributed by atoms with Crippen LogP contribution in [0.2, 0.25) is 0 Å². The molecule has 1 heterocycles. The highest BCUT2D eigenvalue weighted by Gasteiger charge is 2.06. The molecule has 0 saturated carbocycles. The summed E-state index contributed by atoms with van der Waals surface area (Å²) in [5.74, 6) is 0. The van der Waals surface area contributed by atoms with Crippen LogP contribution in [0.4, 0.5) is 0 Å². The van der Waals surface area contributed by atoms with Crippen molar-refractivity contribution in [3.63, 3.8) is 0 Å². The monoisotopic (exact) mass is 198 g/mol. The normalized spacial score (nSPS) is 13.0. The van der Waals surface area contributed by atoms with E-state index in [4.69, 9.17) is 9.84 Å². The lowest BCUT2D eigenvalue weighted by molar-refractivity contribution is 0.148. The summed E-state index contributed by atoms with van der Waals surface area (Å²) in [6.45, 7) is 1.62. The van der Waals surface area contributed by atoms with Crippen LogP contribution in [0.15, 0.2) is 18.5 Å². The minimum absolute atomic E-state index is 0.189. The summed E-state index contributed by atoms with van der Waals surface area (Å²) in [6.07, 6.45) is 4.57. The van der Waals surface area contributed by atoms with Gasteiger partial charge < -0.3 is 20.1 Å². The molecule has 1 aromatic rings. The fourth-order valence-electron chi connectivity index (χ4n) is 1.33. The van der Waals surface area contributed by atoms with E-state index < -0.39 is 0 Å². The lowest BCUT2D eigenvalue weighted by Gasteiger charge is -2.16. The van der Waals surface area contributed by atoms with E-state index in [1.54, 1.807) is 7.11 Å². The van der Waals surface area contributed by atoms with Gasteiger partial charge in [0.05, 0.1) is 6.61 Å². The molecular weight excluding hydrogens is 180 g/mol. The van der Waals surface area contributed by atoms with E-state index in [0.717, 1.165) is 13.0 Å². The molecule has 4 heteroatoms. The molecule has 0 amide bonds. The van der Waals surface area contributed by atoms with E-state index in [2.05, 4.69) is 10.3 Å². The van der Waals surface area contributed by atoms with Crippen molar-refractivity contribution >= 4 is 0 Å². The summed E-state index contributed by atoms with van der Waals surface area (Å²) in [7, 11) is 1.67. The second-order valence-corrected chi connectivity index (χ2v) is 3.26. The topological polar surface area (TPSA) is 57.3 Å². The predicted molar refractivity (Wildman–Crippen MR) is 55.0 cm³/mol. The quantitative estimate of drug-likeness (QED) is 0.598. The lowest BCUT2D eigenvalue weighted by Crippen LogP contribution is -2.33. The second-order valence-electron chi connectivity index (χ2n) is 3.26. The number of H-pyrrole nitrogens is 1. The Bertz CT molecular complexity index is 218. The number of ether oxygens (including phenoxy) is 1. The summed E-state index contributed by atoms with van der Waals surface area (Å²) in [4.78, 5) is 3.00. The third-order valence-corrected chi connectivity index (χ3v) is 2.10. The Balaban J connectivity index is 2.25. The fraction of sp³-hybridized carbons (Fsp3) is 0.600. The molecule has 0 aromatic carbocycles. The van der Waals surface area contributed by atoms with Gasteiger partial charge in [0.2, 0.25) is 0 Å². The number of nitrogens with one attached hydrogen (secondary N) is 2. The van der Waals surface area contributed by atoms with Gasteiger partial charge in [0.15, 0.2) is 0 Å². The van der Waals surface area contributed by atoms with E-state index in [-0.39, 0.29) is 12.6 Å². The first-order chi connectivity index (χ1) is 6.86. The molecule has 1 unspecified atom stereocenters. The molecule has 14 heavy (non-hydrogen) atoms. The van der Waals surface area contributed by atoms with Crippen molar-refractivity contribution in [2.75, 3.05) is 20.3 Å². The predicted octanol–water partition coefficient (Wildman–Crippen LogP) is 0.502. The maximum atomic E-state index is 8.82. The largest absolute Gasteiger partial charge is 0.396 e. The third-order valence-electron chi connectivity index (χ3n) is 2.10. The molecule has 1 rings (SSSR count). The van der Waals surface area contributed by atoms with Crippen LogP contribution in [0.3, 0.4) is 0 Å². The van der Waals surface area contributed by atoms with Gasteiger partial charge in [0.25, 0.3) is 0 Å². The maximum absolute atomic E-state index is 8.82. The highest BCUT2D eigenvalue weighted by atomic mass is 16.5. The first-order valence-electron chi connectivity index (χ1n) is 4.81. The Morgan fingerprint density at radius 1 is 1.64 bits per heavy atom. The highest BCUT2D eigenvalue weighted by Crippen LogP contribution is 1.98. The first kappa shape index (κ1) is 11.2. The average molecular weight is 198 g/mol. The highest BCUT2D eigenvalue weighted by molar-refractivity contribution is 5.07. The number of aliphatic hydroxyl groups excluding tert-OH is 1. The molecule has 0 bridgehead atoms. The van der Waals surface area contributed by atoms with Crippen LogP contribution in [-0.2, 0) is 11.3 Å². The number of hydrogen-bond acceptors (Lipinski definition) is 3. The van der Waals surface area contributed by atoms with Crippen LogP contribution in [0.5, 0.6) is 0 Å². The number of aromatic nitrogens is 1. The van der Waals surface area contributed by atoms with Crippen molar-refractivity contribution < 1.29 is 9.84 Å². The van der Waals surface area contributed by atoms with Gasteiger partial charge in [0, 0.05) is 38.7 Å². The smallest absolute Gasteiger partial charge is 0.0616 e. The summed E-state index contributed by atoms with van der Waals surface area (Å²) in [5, 5.41) is 12.1. The zero-order chi connectivity index (χ0) is 10.2. The standard InChI is InChI=1S/C10H18N2O2/c1-14-8-10(3-5-13)12-7-9-2-4-11-6-9/h2,4,6,10-13H,3,5,7-8H2,1H3. The fourth-order valence-corrected chi connectivity index (χ4v) is 1.33. The van der Waals surface area contributed by atoms with Gasteiger partial charge in [-0.05, 0) is 18.1 Å². The van der Waals surface area contributed by atoms with Crippen molar-refractivity contribution in [2.45, 2.75) is 19.0 Å². The minimum Gasteiger partial charge on any atom is -0.396 e. The van der Waals surface area contributed by atoms with Crippen LogP contribution >= 0.6 is 0 Å². The zero-order valence-electron chi connectivity index (χ0n) is 8.49. The molecular formula is C10H18N2O2. The Hall–Kier alpha value is -0.840. The van der Waals surface area contributed by atoms with E-state index in [0.29, 0.717) is 6.61 Å². The van der Waals surface area contributed by atoms with Gasteiger partial charge in [-0.2, -0.15) is 0 Å². The Morgan fingerprint density at radius 2 is 2.50 bits per heavy atom. The molecule has 1 atom stereocenters. The zero-order valence-corrected chi connectivity index (χ0v) is 8.49. The van der Waals surface area contributed by atoms with Crippen LogP contribution in [-0.4, -0.2) is 36.5 Å². The van der Waals surface area contributed by atoms with E-state index in [1.807, 2.05) is 18.5 Å². The molecule has 0 fully saturated rings. The van der Waals surface area contributed by atoms with Gasteiger partial charge >= 0.3 is 0 Å². The summed E-state index contributed by atoms with van der Waals surface area (Å²) < 4.78 is 5.05. The number of methoxy groups -OCH3 is 1. The van der Waals surface area contributed by atoms with Gasteiger partial charge in [0.1, 0.15) is 0 Å². The molecule has 0 saturated heterocycles. The molecule has 3 N–H and O–H groups in total. The molecule has 0 aliphatic rings. The first-order valence-corrected chi connectivity index (χ1v) is 4.81. The molecule has 0 aliphatic carbocycles. The molecule has 0 aliphatic heterocycles.